The van der Waals surface area contributed by atoms with Crippen LogP contribution < -0.4 is 4.90 Å². The monoisotopic (exact) mass is 433 g/mol. The Morgan fingerprint density at radius 3 is 2.52 bits per heavy atom. The Bertz CT molecular complexity index is 1070. The van der Waals surface area contributed by atoms with E-state index in [0.29, 0.717) is 18.9 Å². The number of para-hydroxylation sites is 2. The summed E-state index contributed by atoms with van der Waals surface area (Å²) in [4.78, 5) is 34.0. The summed E-state index contributed by atoms with van der Waals surface area (Å²) in [7, 11) is 0. The maximum Gasteiger partial charge on any atom is 0.227 e. The number of likely N-dealkylation sites (tertiary alicyclic amines) is 1. The molecule has 3 aromatic rings. The van der Waals surface area contributed by atoms with Gasteiger partial charge in [-0.25, -0.2) is 0 Å². The van der Waals surface area contributed by atoms with E-state index in [9.17, 15) is 9.59 Å². The van der Waals surface area contributed by atoms with Crippen LogP contribution in [0.3, 0.4) is 0 Å². The molecule has 5 rings (SSSR count). The Labute approximate surface area is 186 Å². The van der Waals surface area contributed by atoms with E-state index in [-0.39, 0.29) is 18.2 Å². The maximum absolute atomic E-state index is 12.8. The molecule has 0 radical (unpaired) electrons. The molecule has 2 aliphatic rings. The fraction of sp³-hybridized carbons (Fsp3) is 0.360. The van der Waals surface area contributed by atoms with Gasteiger partial charge in [-0.15, -0.1) is 11.8 Å². The predicted molar refractivity (Wildman–Crippen MR) is 126 cm³/mol. The number of rotatable bonds is 4. The molecule has 1 fully saturated rings. The van der Waals surface area contributed by atoms with Gasteiger partial charge >= 0.3 is 0 Å². The van der Waals surface area contributed by atoms with E-state index in [1.54, 1.807) is 11.8 Å². The van der Waals surface area contributed by atoms with Gasteiger partial charge in [0.05, 0.1) is 5.69 Å². The van der Waals surface area contributed by atoms with Crippen LogP contribution in [0.5, 0.6) is 0 Å². The van der Waals surface area contributed by atoms with Gasteiger partial charge in [0.2, 0.25) is 11.8 Å². The quantitative estimate of drug-likeness (QED) is 0.643. The highest BCUT2D eigenvalue weighted by Gasteiger charge is 2.27. The highest BCUT2D eigenvalue weighted by Crippen LogP contribution is 2.35. The molecule has 1 saturated heterocycles. The number of hydrogen-bond acceptors (Lipinski definition) is 3. The van der Waals surface area contributed by atoms with Gasteiger partial charge in [0.25, 0.3) is 0 Å². The summed E-state index contributed by atoms with van der Waals surface area (Å²) < 4.78 is 0. The Morgan fingerprint density at radius 2 is 1.68 bits per heavy atom. The van der Waals surface area contributed by atoms with Crippen molar-refractivity contribution >= 4 is 40.2 Å². The van der Waals surface area contributed by atoms with Crippen molar-refractivity contribution in [3.8, 4) is 0 Å². The zero-order valence-corrected chi connectivity index (χ0v) is 18.4. The predicted octanol–water partition coefficient (Wildman–Crippen LogP) is 4.79. The molecule has 0 atom stereocenters. The SMILES string of the molecule is O=C(CCC(=O)N1CCSc2ccccc21)N1CCC(c2cc3ccccc3[nH]2)CC1. The molecule has 0 saturated carbocycles. The van der Waals surface area contributed by atoms with Gasteiger partial charge in [-0.2, -0.15) is 0 Å². The number of nitrogens with one attached hydrogen (secondary N) is 1. The van der Waals surface area contributed by atoms with Crippen molar-refractivity contribution in [1.29, 1.82) is 0 Å². The smallest absolute Gasteiger partial charge is 0.227 e. The number of aromatic nitrogens is 1. The van der Waals surface area contributed by atoms with Gasteiger partial charge in [-0.1, -0.05) is 30.3 Å². The standard InChI is InChI=1S/C25H27N3O2S/c29-24(9-10-25(30)28-15-16-31-23-8-4-3-7-22(23)28)27-13-11-18(12-14-27)21-17-19-5-1-2-6-20(19)26-21/h1-8,17-18,26H,9-16H2. The van der Waals surface area contributed by atoms with E-state index in [2.05, 4.69) is 35.3 Å². The molecular formula is C25H27N3O2S. The van der Waals surface area contributed by atoms with E-state index >= 15 is 0 Å². The summed E-state index contributed by atoms with van der Waals surface area (Å²) in [6.45, 7) is 2.23. The van der Waals surface area contributed by atoms with Crippen molar-refractivity contribution in [3.63, 3.8) is 0 Å². The maximum atomic E-state index is 12.8. The first-order valence-corrected chi connectivity index (χ1v) is 12.1. The summed E-state index contributed by atoms with van der Waals surface area (Å²) in [6, 6.07) is 18.6. The van der Waals surface area contributed by atoms with E-state index in [0.717, 1.165) is 42.3 Å². The molecule has 31 heavy (non-hydrogen) atoms. The number of aromatic amines is 1. The number of benzene rings is 2. The first-order chi connectivity index (χ1) is 15.2. The van der Waals surface area contributed by atoms with Crippen molar-refractivity contribution < 1.29 is 9.59 Å². The topological polar surface area (TPSA) is 56.4 Å². The van der Waals surface area contributed by atoms with Crippen LogP contribution in [0.1, 0.15) is 37.3 Å². The average Bonchev–Trinajstić information content (AvgIpc) is 3.26. The lowest BCUT2D eigenvalue weighted by Crippen LogP contribution is -2.39. The molecule has 2 amide bonds. The van der Waals surface area contributed by atoms with Crippen molar-refractivity contribution in [2.45, 2.75) is 36.5 Å². The molecule has 160 valence electrons. The lowest BCUT2D eigenvalue weighted by Gasteiger charge is -2.32. The molecule has 0 bridgehead atoms. The van der Waals surface area contributed by atoms with Gasteiger partial charge in [-0.3, -0.25) is 9.59 Å². The minimum absolute atomic E-state index is 0.0501. The van der Waals surface area contributed by atoms with Crippen LogP contribution in [-0.4, -0.2) is 47.1 Å². The summed E-state index contributed by atoms with van der Waals surface area (Å²) >= 11 is 1.78. The molecule has 2 aliphatic heterocycles. The molecule has 3 heterocycles. The van der Waals surface area contributed by atoms with E-state index in [1.807, 2.05) is 34.1 Å². The van der Waals surface area contributed by atoms with Gasteiger partial charge in [0, 0.05) is 60.3 Å². The Balaban J connectivity index is 1.14. The highest BCUT2D eigenvalue weighted by molar-refractivity contribution is 7.99. The molecule has 0 aliphatic carbocycles. The second kappa shape index (κ2) is 8.79. The van der Waals surface area contributed by atoms with Crippen molar-refractivity contribution in [3.05, 3.63) is 60.3 Å². The second-order valence-corrected chi connectivity index (χ2v) is 9.47. The zero-order valence-electron chi connectivity index (χ0n) is 17.5. The van der Waals surface area contributed by atoms with Crippen molar-refractivity contribution in [2.75, 3.05) is 30.3 Å². The van der Waals surface area contributed by atoms with Crippen LogP contribution in [0.15, 0.2) is 59.5 Å². The van der Waals surface area contributed by atoms with E-state index in [4.69, 9.17) is 0 Å². The molecule has 1 N–H and O–H groups in total. The van der Waals surface area contributed by atoms with E-state index < -0.39 is 0 Å². The number of H-pyrrole nitrogens is 1. The minimum Gasteiger partial charge on any atom is -0.358 e. The van der Waals surface area contributed by atoms with Crippen LogP contribution in [0.4, 0.5) is 5.69 Å². The summed E-state index contributed by atoms with van der Waals surface area (Å²) in [5.41, 5.74) is 3.42. The minimum atomic E-state index is 0.0501. The first kappa shape index (κ1) is 20.2. The molecule has 5 nitrogen and oxygen atoms in total. The summed E-state index contributed by atoms with van der Waals surface area (Å²) in [6.07, 6.45) is 2.49. The van der Waals surface area contributed by atoms with E-state index in [1.165, 1.54) is 16.6 Å². The Hall–Kier alpha value is -2.73. The lowest BCUT2D eigenvalue weighted by atomic mass is 9.93. The van der Waals surface area contributed by atoms with Gasteiger partial charge in [-0.05, 0) is 42.5 Å². The number of hydrogen-bond donors (Lipinski definition) is 1. The number of amides is 2. The third-order valence-electron chi connectivity index (χ3n) is 6.42. The van der Waals surface area contributed by atoms with Gasteiger partial charge in [0.15, 0.2) is 0 Å². The number of thioether (sulfide) groups is 1. The van der Waals surface area contributed by atoms with Gasteiger partial charge in [0.1, 0.15) is 0 Å². The zero-order chi connectivity index (χ0) is 21.2. The molecule has 1 aromatic heterocycles. The third-order valence-corrected chi connectivity index (χ3v) is 7.46. The number of piperidine rings is 1. The second-order valence-electron chi connectivity index (χ2n) is 8.33. The summed E-state index contributed by atoms with van der Waals surface area (Å²) in [5.74, 6) is 1.51. The number of nitrogens with zero attached hydrogens (tertiary/aromatic N) is 2. The number of anilines is 1. The van der Waals surface area contributed by atoms with Crippen LogP contribution in [-0.2, 0) is 9.59 Å². The van der Waals surface area contributed by atoms with Crippen molar-refractivity contribution in [2.24, 2.45) is 0 Å². The van der Waals surface area contributed by atoms with Crippen LogP contribution in [0.2, 0.25) is 0 Å². The Kier molecular flexibility index (Phi) is 5.72. The number of carbonyl (C=O) groups is 2. The lowest BCUT2D eigenvalue weighted by molar-refractivity contribution is -0.134. The molecule has 6 heteroatoms. The molecule has 0 unspecified atom stereocenters. The fourth-order valence-electron chi connectivity index (χ4n) is 4.69. The Morgan fingerprint density at radius 1 is 0.935 bits per heavy atom. The highest BCUT2D eigenvalue weighted by atomic mass is 32.2. The van der Waals surface area contributed by atoms with Crippen LogP contribution in [0.25, 0.3) is 10.9 Å². The van der Waals surface area contributed by atoms with Gasteiger partial charge < -0.3 is 14.8 Å². The molecular weight excluding hydrogens is 406 g/mol. The molecule has 2 aromatic carbocycles. The average molecular weight is 434 g/mol. The fourth-order valence-corrected chi connectivity index (χ4v) is 5.69. The van der Waals surface area contributed by atoms with Crippen LogP contribution in [0, 0.1) is 0 Å². The normalized spacial score (nSPS) is 17.0. The van der Waals surface area contributed by atoms with Crippen molar-refractivity contribution in [1.82, 2.24) is 9.88 Å². The van der Waals surface area contributed by atoms with Crippen LogP contribution >= 0.6 is 11.8 Å². The first-order valence-electron chi connectivity index (χ1n) is 11.1. The third kappa shape index (κ3) is 4.22. The largest absolute Gasteiger partial charge is 0.358 e. The molecule has 0 spiro atoms. The number of fused-ring (bicyclic) bond motifs is 2. The number of carbonyl (C=O) groups excluding carboxylic acids is 2. The summed E-state index contributed by atoms with van der Waals surface area (Å²) in [5, 5.41) is 1.24.